The summed E-state index contributed by atoms with van der Waals surface area (Å²) in [6, 6.07) is 2.65. The number of fused-ring (bicyclic) bond motifs is 1. The number of hydrogen-bond acceptors (Lipinski definition) is 4. The zero-order chi connectivity index (χ0) is 26.2. The van der Waals surface area contributed by atoms with Gasteiger partial charge in [0.2, 0.25) is 5.91 Å². The molecule has 0 bridgehead atoms. The van der Waals surface area contributed by atoms with Crippen LogP contribution in [0.5, 0.6) is 0 Å². The lowest BCUT2D eigenvalue weighted by Crippen LogP contribution is -2.42. The van der Waals surface area contributed by atoms with Crippen molar-refractivity contribution in [2.24, 2.45) is 11.1 Å². The van der Waals surface area contributed by atoms with E-state index < -0.39 is 22.7 Å². The van der Waals surface area contributed by atoms with Crippen LogP contribution in [0.1, 0.15) is 76.5 Å². The molecule has 200 valence electrons. The number of ether oxygens (including phenoxy) is 1. The van der Waals surface area contributed by atoms with Crippen LogP contribution in [0.2, 0.25) is 0 Å². The number of hydrogen-bond donors (Lipinski definition) is 2. The van der Waals surface area contributed by atoms with Gasteiger partial charge in [-0.1, -0.05) is 27.7 Å². The molecule has 2 aliphatic heterocycles. The summed E-state index contributed by atoms with van der Waals surface area (Å²) >= 11 is 0. The van der Waals surface area contributed by atoms with E-state index in [0.717, 1.165) is 57.5 Å². The summed E-state index contributed by atoms with van der Waals surface area (Å²) in [4.78, 5) is 14.8. The quantitative estimate of drug-likeness (QED) is 0.611. The Morgan fingerprint density at radius 2 is 1.74 bits per heavy atom. The zero-order valence-corrected chi connectivity index (χ0v) is 22.1. The maximum Gasteiger partial charge on any atom is 0.416 e. The second-order valence-electron chi connectivity index (χ2n) is 8.68. The van der Waals surface area contributed by atoms with Crippen LogP contribution >= 0.6 is 0 Å². The fraction of sp³-hybridized carbons (Fsp3) is 0.720. The molecule has 4 rings (SSSR count). The van der Waals surface area contributed by atoms with E-state index in [0.29, 0.717) is 30.1 Å². The van der Waals surface area contributed by atoms with Crippen molar-refractivity contribution in [1.82, 2.24) is 10.2 Å². The summed E-state index contributed by atoms with van der Waals surface area (Å²) < 4.78 is 57.1. The molecule has 3 atom stereocenters. The van der Waals surface area contributed by atoms with Gasteiger partial charge in [-0.15, -0.1) is 0 Å². The highest BCUT2D eigenvalue weighted by molar-refractivity contribution is 7.82. The first-order chi connectivity index (χ1) is 16.7. The number of nitrogens with zero attached hydrogens (tertiary/aromatic N) is 1. The molecule has 1 saturated heterocycles. The van der Waals surface area contributed by atoms with Gasteiger partial charge >= 0.3 is 6.18 Å². The first-order valence-corrected chi connectivity index (χ1v) is 14.0. The van der Waals surface area contributed by atoms with Crippen molar-refractivity contribution in [1.29, 1.82) is 0 Å². The number of rotatable bonds is 4. The average Bonchev–Trinajstić information content (AvgIpc) is 3.33. The van der Waals surface area contributed by atoms with Gasteiger partial charge < -0.3 is 15.0 Å². The second kappa shape index (κ2) is 13.7. The van der Waals surface area contributed by atoms with Crippen LogP contribution in [0.25, 0.3) is 0 Å². The van der Waals surface area contributed by atoms with Crippen LogP contribution in [-0.2, 0) is 39.7 Å². The van der Waals surface area contributed by atoms with Gasteiger partial charge in [0.15, 0.2) is 0 Å². The monoisotopic (exact) mass is 519 g/mol. The number of halogens is 3. The summed E-state index contributed by atoms with van der Waals surface area (Å²) in [6.07, 6.45) is 0.198. The maximum atomic E-state index is 13.3. The average molecular weight is 520 g/mol. The molecule has 3 aliphatic rings. The lowest BCUT2D eigenvalue weighted by molar-refractivity contribution is -0.137. The van der Waals surface area contributed by atoms with E-state index in [1.807, 2.05) is 27.7 Å². The van der Waals surface area contributed by atoms with E-state index in [1.165, 1.54) is 0 Å². The number of nitrogens with one attached hydrogen (secondary N) is 1. The normalized spacial score (nSPS) is 23.4. The SMILES string of the molecule is CC.CC.NS(=O)c1cc(C(F)(F)F)cc2c1CCN(C(=O)C1CCC(NC3CCOCC3)C1)C2. The van der Waals surface area contributed by atoms with Crippen LogP contribution in [-0.4, -0.2) is 46.9 Å². The molecule has 2 heterocycles. The van der Waals surface area contributed by atoms with E-state index >= 15 is 0 Å². The molecule has 3 N–H and O–H groups in total. The highest BCUT2D eigenvalue weighted by Gasteiger charge is 2.37. The summed E-state index contributed by atoms with van der Waals surface area (Å²) in [5.41, 5.74) is 0.0809. The van der Waals surface area contributed by atoms with Gasteiger partial charge in [0.05, 0.1) is 10.5 Å². The first-order valence-electron chi connectivity index (χ1n) is 12.7. The van der Waals surface area contributed by atoms with Crippen molar-refractivity contribution in [3.05, 3.63) is 28.8 Å². The molecule has 1 aliphatic carbocycles. The van der Waals surface area contributed by atoms with Gasteiger partial charge in [-0.2, -0.15) is 13.2 Å². The van der Waals surface area contributed by atoms with Crippen molar-refractivity contribution >= 4 is 16.9 Å². The number of alkyl halides is 3. The third-order valence-corrected chi connectivity index (χ3v) is 7.42. The molecular formula is C25H40F3N3O3S. The maximum absolute atomic E-state index is 13.3. The molecule has 1 aromatic rings. The molecular weight excluding hydrogens is 479 g/mol. The van der Waals surface area contributed by atoms with Gasteiger partial charge in [-0.05, 0) is 61.8 Å². The van der Waals surface area contributed by atoms with E-state index in [-0.39, 0.29) is 29.3 Å². The molecule has 0 radical (unpaired) electrons. The Kier molecular flexibility index (Phi) is 11.7. The lowest BCUT2D eigenvalue weighted by atomic mass is 9.95. The number of carbonyl (C=O) groups excluding carboxylic acids is 1. The Morgan fingerprint density at radius 3 is 2.34 bits per heavy atom. The topological polar surface area (TPSA) is 84.7 Å². The molecule has 10 heteroatoms. The molecule has 0 aromatic heterocycles. The van der Waals surface area contributed by atoms with E-state index in [4.69, 9.17) is 9.88 Å². The van der Waals surface area contributed by atoms with Crippen molar-refractivity contribution in [2.75, 3.05) is 19.8 Å². The number of amides is 1. The summed E-state index contributed by atoms with van der Waals surface area (Å²) in [5, 5.41) is 9.09. The minimum absolute atomic E-state index is 0.00485. The van der Waals surface area contributed by atoms with Crippen LogP contribution in [0.4, 0.5) is 13.2 Å². The van der Waals surface area contributed by atoms with Gasteiger partial charge in [-0.3, -0.25) is 4.79 Å². The zero-order valence-electron chi connectivity index (χ0n) is 21.2. The Bertz CT molecular complexity index is 860. The standard InChI is InChI=1S/C21H28F3N3O3S.2C2H6/c22-21(23,24)15-9-14-12-27(6-3-18(14)19(11-15)31(25)29)20(28)13-1-2-17(10-13)26-16-4-7-30-8-5-16;2*1-2/h9,11,13,16-17,26H,1-8,10,12,25H2;2*1-2H3. The van der Waals surface area contributed by atoms with Crippen LogP contribution in [0.3, 0.4) is 0 Å². The van der Waals surface area contributed by atoms with Gasteiger partial charge in [0.25, 0.3) is 0 Å². The first kappa shape index (κ1) is 29.7. The molecule has 35 heavy (non-hydrogen) atoms. The smallest absolute Gasteiger partial charge is 0.381 e. The highest BCUT2D eigenvalue weighted by atomic mass is 32.2. The number of carbonyl (C=O) groups is 1. The molecule has 6 nitrogen and oxygen atoms in total. The predicted molar refractivity (Wildman–Crippen MR) is 132 cm³/mol. The predicted octanol–water partition coefficient (Wildman–Crippen LogP) is 4.56. The molecule has 1 aromatic carbocycles. The van der Waals surface area contributed by atoms with Gasteiger partial charge in [0.1, 0.15) is 11.0 Å². The molecule has 1 amide bonds. The van der Waals surface area contributed by atoms with E-state index in [2.05, 4.69) is 5.32 Å². The van der Waals surface area contributed by atoms with Crippen molar-refractivity contribution < 1.29 is 26.9 Å². The van der Waals surface area contributed by atoms with Crippen LogP contribution in [0.15, 0.2) is 17.0 Å². The molecule has 1 saturated carbocycles. The molecule has 3 unspecified atom stereocenters. The minimum atomic E-state index is -4.57. The highest BCUT2D eigenvalue weighted by Crippen LogP contribution is 2.36. The van der Waals surface area contributed by atoms with Crippen LogP contribution in [0, 0.1) is 5.92 Å². The molecule has 0 spiro atoms. The minimum Gasteiger partial charge on any atom is -0.381 e. The largest absolute Gasteiger partial charge is 0.416 e. The molecule has 2 fully saturated rings. The van der Waals surface area contributed by atoms with Crippen molar-refractivity contribution in [2.45, 2.75) is 95.9 Å². The van der Waals surface area contributed by atoms with Gasteiger partial charge in [-0.25, -0.2) is 9.35 Å². The lowest BCUT2D eigenvalue weighted by Gasteiger charge is -2.32. The van der Waals surface area contributed by atoms with Crippen molar-refractivity contribution in [3.63, 3.8) is 0 Å². The van der Waals surface area contributed by atoms with E-state index in [1.54, 1.807) is 4.90 Å². The summed E-state index contributed by atoms with van der Waals surface area (Å²) in [5.74, 6) is -0.123. The van der Waals surface area contributed by atoms with E-state index in [9.17, 15) is 22.2 Å². The Hall–Kier alpha value is -1.49. The second-order valence-corrected chi connectivity index (χ2v) is 9.71. The fourth-order valence-electron chi connectivity index (χ4n) is 5.00. The Balaban J connectivity index is 0.00000103. The number of benzene rings is 1. The van der Waals surface area contributed by atoms with Crippen molar-refractivity contribution in [3.8, 4) is 0 Å². The summed E-state index contributed by atoms with van der Waals surface area (Å²) in [6.45, 7) is 10.0. The third-order valence-electron chi connectivity index (χ3n) is 6.62. The van der Waals surface area contributed by atoms with Gasteiger partial charge in [0, 0.05) is 44.3 Å². The fourth-order valence-corrected chi connectivity index (χ4v) is 5.72. The summed E-state index contributed by atoms with van der Waals surface area (Å²) in [7, 11) is -2.02. The number of nitrogens with two attached hydrogens (primary N) is 1. The van der Waals surface area contributed by atoms with Crippen LogP contribution < -0.4 is 10.5 Å². The Morgan fingerprint density at radius 1 is 1.09 bits per heavy atom. The Labute approximate surface area is 209 Å². The third kappa shape index (κ3) is 7.74.